The molecule has 6 heteroatoms. The molecule has 4 nitrogen and oxygen atoms in total. The van der Waals surface area contributed by atoms with Crippen molar-refractivity contribution in [1.29, 1.82) is 0 Å². The molecule has 1 amide bonds. The van der Waals surface area contributed by atoms with Gasteiger partial charge in [-0.3, -0.25) is 15.6 Å². The van der Waals surface area contributed by atoms with E-state index < -0.39 is 0 Å². The highest BCUT2D eigenvalue weighted by Crippen LogP contribution is 2.08. The minimum Gasteiger partial charge on any atom is -0.361 e. The molecule has 1 rings (SSSR count). The standard InChI is InChI=1S/C14H23N3OS2/c1-3-4-5-6-11(2)9-15-14(19)17-16-13(18)12-7-8-20-10-12/h7-8,10-11H,3-6,9H2,1-2H3,(H,16,18)(H2,15,17,19)/t11-/m0/s1. The van der Waals surface area contributed by atoms with E-state index in [2.05, 4.69) is 30.0 Å². The van der Waals surface area contributed by atoms with Crippen molar-refractivity contribution in [3.8, 4) is 0 Å². The lowest BCUT2D eigenvalue weighted by Gasteiger charge is -2.15. The van der Waals surface area contributed by atoms with Crippen LogP contribution in [0.5, 0.6) is 0 Å². The van der Waals surface area contributed by atoms with Crippen LogP contribution in [0.2, 0.25) is 0 Å². The van der Waals surface area contributed by atoms with Crippen molar-refractivity contribution < 1.29 is 4.79 Å². The van der Waals surface area contributed by atoms with Gasteiger partial charge in [0.2, 0.25) is 0 Å². The number of carbonyl (C=O) groups excluding carboxylic acids is 1. The average Bonchev–Trinajstić information content (AvgIpc) is 2.97. The monoisotopic (exact) mass is 313 g/mol. The number of nitrogens with one attached hydrogen (secondary N) is 3. The lowest BCUT2D eigenvalue weighted by atomic mass is 10.0. The molecule has 1 aromatic rings. The second kappa shape index (κ2) is 9.72. The van der Waals surface area contributed by atoms with E-state index >= 15 is 0 Å². The zero-order valence-electron chi connectivity index (χ0n) is 12.1. The first-order valence-electron chi connectivity index (χ1n) is 6.99. The predicted octanol–water partition coefficient (Wildman–Crippen LogP) is 3.07. The maximum atomic E-state index is 11.7. The van der Waals surface area contributed by atoms with Crippen LogP contribution in [0.4, 0.5) is 0 Å². The molecule has 1 aromatic heterocycles. The number of hydrazine groups is 1. The summed E-state index contributed by atoms with van der Waals surface area (Å²) in [5.41, 5.74) is 5.93. The number of amides is 1. The van der Waals surface area contributed by atoms with E-state index in [9.17, 15) is 4.79 Å². The molecular formula is C14H23N3OS2. The maximum absolute atomic E-state index is 11.7. The SMILES string of the molecule is CCCCC[C@H](C)CNC(=S)NNC(=O)c1ccsc1. The summed E-state index contributed by atoms with van der Waals surface area (Å²) in [4.78, 5) is 11.7. The Morgan fingerprint density at radius 1 is 1.40 bits per heavy atom. The molecule has 3 N–H and O–H groups in total. The largest absolute Gasteiger partial charge is 0.361 e. The maximum Gasteiger partial charge on any atom is 0.270 e. The van der Waals surface area contributed by atoms with Gasteiger partial charge in [0.05, 0.1) is 5.56 Å². The molecule has 0 aliphatic carbocycles. The highest BCUT2D eigenvalue weighted by molar-refractivity contribution is 7.80. The van der Waals surface area contributed by atoms with Crippen LogP contribution >= 0.6 is 23.6 Å². The minimum absolute atomic E-state index is 0.175. The number of thiophene rings is 1. The fourth-order valence-electron chi connectivity index (χ4n) is 1.74. The van der Waals surface area contributed by atoms with Crippen molar-refractivity contribution in [2.24, 2.45) is 5.92 Å². The molecule has 1 atom stereocenters. The first-order valence-corrected chi connectivity index (χ1v) is 8.35. The third-order valence-electron chi connectivity index (χ3n) is 2.98. The van der Waals surface area contributed by atoms with Gasteiger partial charge in [0.1, 0.15) is 0 Å². The van der Waals surface area contributed by atoms with Crippen LogP contribution in [0.15, 0.2) is 16.8 Å². The van der Waals surface area contributed by atoms with Crippen LogP contribution in [-0.4, -0.2) is 17.6 Å². The van der Waals surface area contributed by atoms with Crippen LogP contribution in [0.25, 0.3) is 0 Å². The van der Waals surface area contributed by atoms with E-state index in [1.54, 1.807) is 11.4 Å². The molecule has 112 valence electrons. The Morgan fingerprint density at radius 3 is 2.85 bits per heavy atom. The van der Waals surface area contributed by atoms with Crippen molar-refractivity contribution in [2.45, 2.75) is 39.5 Å². The van der Waals surface area contributed by atoms with Gasteiger partial charge < -0.3 is 5.32 Å². The molecular weight excluding hydrogens is 290 g/mol. The second-order valence-corrected chi connectivity index (χ2v) is 6.09. The Hall–Kier alpha value is -1.14. The van der Waals surface area contributed by atoms with E-state index in [4.69, 9.17) is 12.2 Å². The molecule has 0 spiro atoms. The summed E-state index contributed by atoms with van der Waals surface area (Å²) in [5.74, 6) is 0.403. The van der Waals surface area contributed by atoms with E-state index in [-0.39, 0.29) is 5.91 Å². The quantitative estimate of drug-likeness (QED) is 0.411. The molecule has 0 unspecified atom stereocenters. The van der Waals surface area contributed by atoms with Crippen molar-refractivity contribution in [1.82, 2.24) is 16.2 Å². The molecule has 1 heterocycles. The van der Waals surface area contributed by atoms with Crippen molar-refractivity contribution >= 4 is 34.6 Å². The summed E-state index contributed by atoms with van der Waals surface area (Å²) in [5, 5.41) is 7.23. The van der Waals surface area contributed by atoms with Gasteiger partial charge in [-0.15, -0.1) is 0 Å². The average molecular weight is 313 g/mol. The third kappa shape index (κ3) is 6.86. The van der Waals surface area contributed by atoms with Gasteiger partial charge in [0.15, 0.2) is 5.11 Å². The Balaban J connectivity index is 2.12. The van der Waals surface area contributed by atoms with E-state index in [0.717, 1.165) is 6.54 Å². The number of rotatable bonds is 7. The molecule has 0 aliphatic rings. The Labute approximate surface area is 130 Å². The first-order chi connectivity index (χ1) is 9.63. The number of hydrogen-bond acceptors (Lipinski definition) is 3. The van der Waals surface area contributed by atoms with Crippen LogP contribution in [0, 0.1) is 5.92 Å². The molecule has 0 aromatic carbocycles. The Morgan fingerprint density at radius 2 is 2.20 bits per heavy atom. The summed E-state index contributed by atoms with van der Waals surface area (Å²) in [6, 6.07) is 1.77. The minimum atomic E-state index is -0.175. The number of hydrogen-bond donors (Lipinski definition) is 3. The van der Waals surface area contributed by atoms with Crippen molar-refractivity contribution in [3.05, 3.63) is 22.4 Å². The number of thiocarbonyl (C=S) groups is 1. The lowest BCUT2D eigenvalue weighted by Crippen LogP contribution is -2.47. The van der Waals surface area contributed by atoms with Crippen LogP contribution in [-0.2, 0) is 0 Å². The Kier molecular flexibility index (Phi) is 8.22. The summed E-state index contributed by atoms with van der Waals surface area (Å²) in [6.45, 7) is 5.23. The number of carbonyl (C=O) groups is 1. The fourth-order valence-corrected chi connectivity index (χ4v) is 2.51. The molecule has 0 bridgehead atoms. The van der Waals surface area contributed by atoms with Crippen LogP contribution in [0.3, 0.4) is 0 Å². The zero-order valence-corrected chi connectivity index (χ0v) is 13.7. The smallest absolute Gasteiger partial charge is 0.270 e. The predicted molar refractivity (Wildman–Crippen MR) is 88.8 cm³/mol. The molecule has 0 aliphatic heterocycles. The normalized spacial score (nSPS) is 11.7. The molecule has 0 fully saturated rings. The summed E-state index contributed by atoms with van der Waals surface area (Å²) < 4.78 is 0. The topological polar surface area (TPSA) is 53.2 Å². The van der Waals surface area contributed by atoms with Gasteiger partial charge in [0, 0.05) is 11.9 Å². The molecule has 0 saturated heterocycles. The zero-order chi connectivity index (χ0) is 14.8. The Bertz CT molecular complexity index is 407. The van der Waals surface area contributed by atoms with Gasteiger partial charge >= 0.3 is 0 Å². The highest BCUT2D eigenvalue weighted by Gasteiger charge is 2.06. The van der Waals surface area contributed by atoms with Crippen molar-refractivity contribution in [2.75, 3.05) is 6.54 Å². The summed E-state index contributed by atoms with van der Waals surface area (Å²) in [7, 11) is 0. The number of unbranched alkanes of at least 4 members (excludes halogenated alkanes) is 2. The van der Waals surface area contributed by atoms with E-state index in [1.807, 2.05) is 5.38 Å². The summed E-state index contributed by atoms with van der Waals surface area (Å²) in [6.07, 6.45) is 4.98. The van der Waals surface area contributed by atoms with Crippen LogP contribution in [0.1, 0.15) is 49.9 Å². The summed E-state index contributed by atoms with van der Waals surface area (Å²) >= 11 is 6.61. The molecule has 20 heavy (non-hydrogen) atoms. The third-order valence-corrected chi connectivity index (χ3v) is 3.91. The van der Waals surface area contributed by atoms with Crippen molar-refractivity contribution in [3.63, 3.8) is 0 Å². The first kappa shape index (κ1) is 16.9. The fraction of sp³-hybridized carbons (Fsp3) is 0.571. The highest BCUT2D eigenvalue weighted by atomic mass is 32.1. The molecule has 0 saturated carbocycles. The second-order valence-electron chi connectivity index (χ2n) is 4.90. The van der Waals surface area contributed by atoms with Gasteiger partial charge in [0.25, 0.3) is 5.91 Å². The van der Waals surface area contributed by atoms with Gasteiger partial charge in [-0.25, -0.2) is 0 Å². The van der Waals surface area contributed by atoms with E-state index in [0.29, 0.717) is 16.6 Å². The van der Waals surface area contributed by atoms with Gasteiger partial charge in [-0.1, -0.05) is 33.1 Å². The van der Waals surface area contributed by atoms with Crippen LogP contribution < -0.4 is 16.2 Å². The lowest BCUT2D eigenvalue weighted by molar-refractivity contribution is 0.0944. The van der Waals surface area contributed by atoms with E-state index in [1.165, 1.54) is 37.0 Å². The molecule has 0 radical (unpaired) electrons. The van der Waals surface area contributed by atoms with Gasteiger partial charge in [-0.05, 0) is 36.0 Å². The van der Waals surface area contributed by atoms with Gasteiger partial charge in [-0.2, -0.15) is 11.3 Å².